The van der Waals surface area contributed by atoms with Gasteiger partial charge in [-0.3, -0.25) is 4.79 Å². The molecule has 0 saturated heterocycles. The first kappa shape index (κ1) is 16.1. The summed E-state index contributed by atoms with van der Waals surface area (Å²) in [5, 5.41) is 7.34. The average molecular weight is 323 g/mol. The number of methoxy groups -OCH3 is 1. The van der Waals surface area contributed by atoms with Crippen LogP contribution in [0.15, 0.2) is 53.6 Å². The molecule has 5 nitrogen and oxygen atoms in total. The average Bonchev–Trinajstić information content (AvgIpc) is 2.65. The summed E-state index contributed by atoms with van der Waals surface area (Å²) in [6.45, 7) is 0.180. The van der Waals surface area contributed by atoms with Crippen molar-refractivity contribution in [3.05, 3.63) is 59.7 Å². The molecule has 124 valence electrons. The molecule has 5 heteroatoms. The van der Waals surface area contributed by atoms with Gasteiger partial charge < -0.3 is 10.1 Å². The number of rotatable bonds is 5. The molecule has 0 aliphatic heterocycles. The second-order valence-corrected chi connectivity index (χ2v) is 5.74. The summed E-state index contributed by atoms with van der Waals surface area (Å²) in [6, 6.07) is 15.8. The minimum atomic E-state index is -0.155. The maximum absolute atomic E-state index is 11.9. The summed E-state index contributed by atoms with van der Waals surface area (Å²) < 4.78 is 5.10. The zero-order chi connectivity index (χ0) is 16.8. The standard InChI is InChI=1S/C19H21N3O2/c1-24-18-10-8-16(9-11-18)20-13-19(23)22-21-17-7-6-14-4-2-3-5-15(14)12-17/h2-5,8-11,20H,6-7,12-13H2,1H3,(H,22,23)/b21-17-. The normalized spacial score (nSPS) is 14.8. The van der Waals surface area contributed by atoms with Crippen LogP contribution in [-0.4, -0.2) is 25.3 Å². The van der Waals surface area contributed by atoms with Crippen LogP contribution in [0.4, 0.5) is 5.69 Å². The fourth-order valence-electron chi connectivity index (χ4n) is 2.73. The molecule has 3 rings (SSSR count). The van der Waals surface area contributed by atoms with Gasteiger partial charge in [0.15, 0.2) is 0 Å². The van der Waals surface area contributed by atoms with Gasteiger partial charge in [-0.25, -0.2) is 5.43 Å². The first-order chi connectivity index (χ1) is 11.7. The molecular formula is C19H21N3O2. The van der Waals surface area contributed by atoms with Crippen molar-refractivity contribution in [2.45, 2.75) is 19.3 Å². The van der Waals surface area contributed by atoms with E-state index in [1.54, 1.807) is 7.11 Å². The topological polar surface area (TPSA) is 62.7 Å². The zero-order valence-electron chi connectivity index (χ0n) is 13.7. The second-order valence-electron chi connectivity index (χ2n) is 5.74. The first-order valence-electron chi connectivity index (χ1n) is 8.03. The first-order valence-corrected chi connectivity index (χ1v) is 8.03. The summed E-state index contributed by atoms with van der Waals surface area (Å²) in [6.07, 6.45) is 2.68. The lowest BCUT2D eigenvalue weighted by Crippen LogP contribution is -2.28. The van der Waals surface area contributed by atoms with E-state index >= 15 is 0 Å². The number of hydrogen-bond donors (Lipinski definition) is 2. The van der Waals surface area contributed by atoms with Gasteiger partial charge in [-0.15, -0.1) is 0 Å². The monoisotopic (exact) mass is 323 g/mol. The third-order valence-corrected chi connectivity index (χ3v) is 4.08. The highest BCUT2D eigenvalue weighted by atomic mass is 16.5. The lowest BCUT2D eigenvalue weighted by molar-refractivity contribution is -0.119. The van der Waals surface area contributed by atoms with Gasteiger partial charge in [-0.1, -0.05) is 24.3 Å². The maximum atomic E-state index is 11.9. The Kier molecular flexibility index (Phi) is 5.11. The number of benzene rings is 2. The van der Waals surface area contributed by atoms with Crippen molar-refractivity contribution in [1.82, 2.24) is 5.43 Å². The van der Waals surface area contributed by atoms with Crippen LogP contribution < -0.4 is 15.5 Å². The molecule has 2 N–H and O–H groups in total. The molecule has 0 bridgehead atoms. The smallest absolute Gasteiger partial charge is 0.259 e. The zero-order valence-corrected chi connectivity index (χ0v) is 13.7. The molecule has 0 atom stereocenters. The Labute approximate surface area is 141 Å². The second kappa shape index (κ2) is 7.64. The van der Waals surface area contributed by atoms with E-state index in [-0.39, 0.29) is 12.5 Å². The van der Waals surface area contributed by atoms with E-state index in [0.717, 1.165) is 36.4 Å². The number of carbonyl (C=O) groups excluding carboxylic acids is 1. The van der Waals surface area contributed by atoms with Gasteiger partial charge >= 0.3 is 0 Å². The lowest BCUT2D eigenvalue weighted by Gasteiger charge is -2.17. The van der Waals surface area contributed by atoms with Crippen molar-refractivity contribution in [2.24, 2.45) is 5.10 Å². The van der Waals surface area contributed by atoms with E-state index in [4.69, 9.17) is 4.74 Å². The largest absolute Gasteiger partial charge is 0.497 e. The highest BCUT2D eigenvalue weighted by Crippen LogP contribution is 2.19. The van der Waals surface area contributed by atoms with Crippen LogP contribution in [0.2, 0.25) is 0 Å². The van der Waals surface area contributed by atoms with E-state index < -0.39 is 0 Å². The number of hydrazone groups is 1. The highest BCUT2D eigenvalue weighted by Gasteiger charge is 2.13. The van der Waals surface area contributed by atoms with Crippen molar-refractivity contribution in [1.29, 1.82) is 0 Å². The van der Waals surface area contributed by atoms with Crippen LogP contribution in [0.3, 0.4) is 0 Å². The van der Waals surface area contributed by atoms with Gasteiger partial charge in [0.25, 0.3) is 5.91 Å². The SMILES string of the molecule is COc1ccc(NCC(=O)N/N=C2/CCc3ccccc3C2)cc1. The van der Waals surface area contributed by atoms with Gasteiger partial charge in [0.2, 0.25) is 0 Å². The van der Waals surface area contributed by atoms with Crippen molar-refractivity contribution in [3.63, 3.8) is 0 Å². The van der Waals surface area contributed by atoms with Gasteiger partial charge in [-0.2, -0.15) is 5.10 Å². The fraction of sp³-hybridized carbons (Fsp3) is 0.263. The van der Waals surface area contributed by atoms with Crippen LogP contribution >= 0.6 is 0 Å². The summed E-state index contributed by atoms with van der Waals surface area (Å²) in [5.74, 6) is 0.631. The Balaban J connectivity index is 1.48. The molecule has 0 aromatic heterocycles. The van der Waals surface area contributed by atoms with Crippen LogP contribution in [-0.2, 0) is 17.6 Å². The Morgan fingerprint density at radius 3 is 2.58 bits per heavy atom. The van der Waals surface area contributed by atoms with Gasteiger partial charge in [0.1, 0.15) is 5.75 Å². The minimum Gasteiger partial charge on any atom is -0.497 e. The molecule has 2 aromatic carbocycles. The highest BCUT2D eigenvalue weighted by molar-refractivity contribution is 5.90. The number of ether oxygens (including phenoxy) is 1. The van der Waals surface area contributed by atoms with E-state index in [2.05, 4.69) is 34.0 Å². The summed E-state index contributed by atoms with van der Waals surface area (Å²) in [4.78, 5) is 11.9. The molecule has 2 aromatic rings. The summed E-state index contributed by atoms with van der Waals surface area (Å²) in [7, 11) is 1.62. The van der Waals surface area contributed by atoms with Crippen LogP contribution in [0.25, 0.3) is 0 Å². The number of carbonyl (C=O) groups is 1. The van der Waals surface area contributed by atoms with Gasteiger partial charge in [0.05, 0.1) is 13.7 Å². The number of hydrogen-bond acceptors (Lipinski definition) is 4. The fourth-order valence-corrected chi connectivity index (χ4v) is 2.73. The van der Waals surface area contributed by atoms with Crippen molar-refractivity contribution < 1.29 is 9.53 Å². The summed E-state index contributed by atoms with van der Waals surface area (Å²) >= 11 is 0. The third-order valence-electron chi connectivity index (χ3n) is 4.08. The third kappa shape index (κ3) is 4.13. The van der Waals surface area contributed by atoms with E-state index in [1.165, 1.54) is 11.1 Å². The molecule has 24 heavy (non-hydrogen) atoms. The molecule has 0 spiro atoms. The number of anilines is 1. The van der Waals surface area contributed by atoms with Gasteiger partial charge in [-0.05, 0) is 48.2 Å². The van der Waals surface area contributed by atoms with Crippen LogP contribution in [0.1, 0.15) is 17.5 Å². The van der Waals surface area contributed by atoms with Crippen molar-refractivity contribution in [3.8, 4) is 5.75 Å². The molecule has 0 fully saturated rings. The molecular weight excluding hydrogens is 302 g/mol. The minimum absolute atomic E-state index is 0.155. The molecule has 0 radical (unpaired) electrons. The lowest BCUT2D eigenvalue weighted by atomic mass is 9.90. The molecule has 1 amide bonds. The van der Waals surface area contributed by atoms with Crippen LogP contribution in [0, 0.1) is 0 Å². The Hall–Kier alpha value is -2.82. The van der Waals surface area contributed by atoms with Crippen molar-refractivity contribution >= 4 is 17.3 Å². The number of amides is 1. The predicted molar refractivity (Wildman–Crippen MR) is 95.5 cm³/mol. The number of nitrogens with one attached hydrogen (secondary N) is 2. The van der Waals surface area contributed by atoms with E-state index in [0.29, 0.717) is 0 Å². The molecule has 0 unspecified atom stereocenters. The van der Waals surface area contributed by atoms with Crippen LogP contribution in [0.5, 0.6) is 5.75 Å². The Morgan fingerprint density at radius 2 is 1.83 bits per heavy atom. The Bertz CT molecular complexity index is 739. The van der Waals surface area contributed by atoms with E-state index in [9.17, 15) is 4.79 Å². The number of fused-ring (bicyclic) bond motifs is 1. The molecule has 0 saturated carbocycles. The maximum Gasteiger partial charge on any atom is 0.259 e. The Morgan fingerprint density at radius 1 is 1.08 bits per heavy atom. The number of aryl methyl sites for hydroxylation is 1. The van der Waals surface area contributed by atoms with Crippen molar-refractivity contribution in [2.75, 3.05) is 19.0 Å². The molecule has 1 aliphatic carbocycles. The quantitative estimate of drug-likeness (QED) is 0.832. The van der Waals surface area contributed by atoms with E-state index in [1.807, 2.05) is 30.3 Å². The molecule has 1 aliphatic rings. The summed E-state index contributed by atoms with van der Waals surface area (Å²) in [5.41, 5.74) is 7.20. The van der Waals surface area contributed by atoms with Gasteiger partial charge in [0, 0.05) is 17.8 Å². The number of nitrogens with zero attached hydrogens (tertiary/aromatic N) is 1. The predicted octanol–water partition coefficient (Wildman–Crippen LogP) is 2.77. The molecule has 0 heterocycles.